The summed E-state index contributed by atoms with van der Waals surface area (Å²) in [4.78, 5) is 10.3. The molecule has 0 spiro atoms. The number of aliphatic hydroxyl groups is 1. The topological polar surface area (TPSA) is 57.5 Å². The lowest BCUT2D eigenvalue weighted by molar-refractivity contribution is -0.146. The van der Waals surface area contributed by atoms with E-state index >= 15 is 0 Å². The minimum absolute atomic E-state index is 0.0274. The van der Waals surface area contributed by atoms with Crippen LogP contribution in [0.2, 0.25) is 0 Å². The first kappa shape index (κ1) is 11.6. The molecule has 15 heavy (non-hydrogen) atoms. The van der Waals surface area contributed by atoms with Gasteiger partial charge in [-0.1, -0.05) is 6.07 Å². The molecule has 0 bridgehead atoms. The van der Waals surface area contributed by atoms with Crippen molar-refractivity contribution in [2.45, 2.75) is 18.9 Å². The van der Waals surface area contributed by atoms with E-state index < -0.39 is 23.7 Å². The highest BCUT2D eigenvalue weighted by Crippen LogP contribution is 2.11. The fourth-order valence-corrected chi connectivity index (χ4v) is 1.12. The van der Waals surface area contributed by atoms with E-state index in [9.17, 15) is 13.6 Å². The van der Waals surface area contributed by atoms with Crippen LogP contribution in [0.5, 0.6) is 0 Å². The second-order valence-electron chi connectivity index (χ2n) is 3.14. The maximum atomic E-state index is 12.7. The van der Waals surface area contributed by atoms with Crippen molar-refractivity contribution in [2.75, 3.05) is 0 Å². The number of benzene rings is 1. The molecule has 0 fully saturated rings. The van der Waals surface area contributed by atoms with E-state index in [0.29, 0.717) is 5.56 Å². The Morgan fingerprint density at radius 3 is 2.53 bits per heavy atom. The smallest absolute Gasteiger partial charge is 0.332 e. The first-order chi connectivity index (χ1) is 7.00. The first-order valence-electron chi connectivity index (χ1n) is 4.35. The Hall–Kier alpha value is -1.49. The summed E-state index contributed by atoms with van der Waals surface area (Å²) in [6.07, 6.45) is -1.32. The van der Waals surface area contributed by atoms with Crippen molar-refractivity contribution in [3.05, 3.63) is 35.4 Å². The summed E-state index contributed by atoms with van der Waals surface area (Å²) in [7, 11) is 0. The van der Waals surface area contributed by atoms with Crippen LogP contribution in [0.1, 0.15) is 12.0 Å². The normalized spacial score (nSPS) is 12.5. The Morgan fingerprint density at radius 1 is 1.33 bits per heavy atom. The number of hydrogen-bond acceptors (Lipinski definition) is 2. The van der Waals surface area contributed by atoms with E-state index in [2.05, 4.69) is 0 Å². The van der Waals surface area contributed by atoms with Gasteiger partial charge in [0.2, 0.25) is 0 Å². The number of carbonyl (C=O) groups is 1. The van der Waals surface area contributed by atoms with Gasteiger partial charge in [0.15, 0.2) is 17.7 Å². The summed E-state index contributed by atoms with van der Waals surface area (Å²) in [5, 5.41) is 17.3. The van der Waals surface area contributed by atoms with Crippen molar-refractivity contribution in [1.29, 1.82) is 0 Å². The molecule has 1 unspecified atom stereocenters. The number of rotatable bonds is 4. The Bertz CT molecular complexity index is 366. The summed E-state index contributed by atoms with van der Waals surface area (Å²) in [5.74, 6) is -3.24. The van der Waals surface area contributed by atoms with Crippen LogP contribution in [0.25, 0.3) is 0 Å². The lowest BCUT2D eigenvalue weighted by atomic mass is 10.1. The molecule has 0 aliphatic rings. The van der Waals surface area contributed by atoms with Crippen LogP contribution in [-0.2, 0) is 11.2 Å². The minimum Gasteiger partial charge on any atom is -0.479 e. The summed E-state index contributed by atoms with van der Waals surface area (Å²) in [6.45, 7) is 0. The molecule has 2 N–H and O–H groups in total. The maximum absolute atomic E-state index is 12.7. The minimum atomic E-state index is -1.47. The van der Waals surface area contributed by atoms with E-state index in [1.165, 1.54) is 6.07 Å². The van der Waals surface area contributed by atoms with Gasteiger partial charge in [-0.3, -0.25) is 0 Å². The van der Waals surface area contributed by atoms with Gasteiger partial charge in [-0.2, -0.15) is 0 Å². The van der Waals surface area contributed by atoms with Crippen molar-refractivity contribution in [3.8, 4) is 0 Å². The van der Waals surface area contributed by atoms with Crippen LogP contribution in [0, 0.1) is 11.6 Å². The van der Waals surface area contributed by atoms with E-state index in [-0.39, 0.29) is 12.8 Å². The molecule has 0 aliphatic heterocycles. The maximum Gasteiger partial charge on any atom is 0.332 e. The van der Waals surface area contributed by atoms with Crippen LogP contribution < -0.4 is 0 Å². The van der Waals surface area contributed by atoms with Gasteiger partial charge in [0.25, 0.3) is 0 Å². The molecule has 0 saturated heterocycles. The zero-order chi connectivity index (χ0) is 11.4. The van der Waals surface area contributed by atoms with Gasteiger partial charge in [0, 0.05) is 0 Å². The number of halogens is 2. The number of aliphatic carboxylic acids is 1. The highest BCUT2D eigenvalue weighted by Gasteiger charge is 2.13. The summed E-state index contributed by atoms with van der Waals surface area (Å²) in [6, 6.07) is 3.31. The number of aliphatic hydroxyl groups excluding tert-OH is 1. The monoisotopic (exact) mass is 216 g/mol. The SMILES string of the molecule is O=C(O)C(O)CCc1ccc(F)c(F)c1. The number of carboxylic acids is 1. The molecular weight excluding hydrogens is 206 g/mol. The van der Waals surface area contributed by atoms with E-state index in [4.69, 9.17) is 10.2 Å². The van der Waals surface area contributed by atoms with Gasteiger partial charge in [-0.05, 0) is 30.5 Å². The van der Waals surface area contributed by atoms with Crippen molar-refractivity contribution in [3.63, 3.8) is 0 Å². The quantitative estimate of drug-likeness (QED) is 0.798. The summed E-state index contributed by atoms with van der Waals surface area (Å²) >= 11 is 0. The van der Waals surface area contributed by atoms with Crippen LogP contribution in [-0.4, -0.2) is 22.3 Å². The molecule has 3 nitrogen and oxygen atoms in total. The second-order valence-corrected chi connectivity index (χ2v) is 3.14. The van der Waals surface area contributed by atoms with E-state index in [1.54, 1.807) is 0 Å². The molecule has 1 atom stereocenters. The lowest BCUT2D eigenvalue weighted by Crippen LogP contribution is -2.19. The average Bonchev–Trinajstić information content (AvgIpc) is 2.19. The van der Waals surface area contributed by atoms with Crippen molar-refractivity contribution >= 4 is 5.97 Å². The standard InChI is InChI=1S/C10H10F2O3/c11-7-3-1-6(5-8(7)12)2-4-9(13)10(14)15/h1,3,5,9,13H,2,4H2,(H,14,15). The number of aryl methyl sites for hydroxylation is 1. The van der Waals surface area contributed by atoms with Crippen molar-refractivity contribution < 1.29 is 23.8 Å². The Labute approximate surface area is 85.0 Å². The van der Waals surface area contributed by atoms with Gasteiger partial charge in [0.1, 0.15) is 0 Å². The van der Waals surface area contributed by atoms with Gasteiger partial charge in [-0.15, -0.1) is 0 Å². The third kappa shape index (κ3) is 3.28. The van der Waals surface area contributed by atoms with Gasteiger partial charge < -0.3 is 10.2 Å². The Kier molecular flexibility index (Phi) is 3.74. The highest BCUT2D eigenvalue weighted by molar-refractivity contribution is 5.71. The molecular formula is C10H10F2O3. The molecule has 0 amide bonds. The van der Waals surface area contributed by atoms with E-state index in [1.807, 2.05) is 0 Å². The van der Waals surface area contributed by atoms with Crippen molar-refractivity contribution in [1.82, 2.24) is 0 Å². The van der Waals surface area contributed by atoms with Crippen LogP contribution in [0.3, 0.4) is 0 Å². The van der Waals surface area contributed by atoms with E-state index in [0.717, 1.165) is 12.1 Å². The van der Waals surface area contributed by atoms with Gasteiger partial charge in [0.05, 0.1) is 0 Å². The summed E-state index contributed by atoms with van der Waals surface area (Å²) in [5.41, 5.74) is 0.453. The molecule has 0 heterocycles. The molecule has 0 saturated carbocycles. The highest BCUT2D eigenvalue weighted by atomic mass is 19.2. The number of carboxylic acid groups (broad SMARTS) is 1. The molecule has 1 aromatic rings. The van der Waals surface area contributed by atoms with Crippen LogP contribution >= 0.6 is 0 Å². The number of hydrogen-bond donors (Lipinski definition) is 2. The molecule has 0 aliphatic carbocycles. The molecule has 1 aromatic carbocycles. The molecule has 1 rings (SSSR count). The molecule has 0 aromatic heterocycles. The Balaban J connectivity index is 2.58. The van der Waals surface area contributed by atoms with Crippen LogP contribution in [0.4, 0.5) is 8.78 Å². The first-order valence-corrected chi connectivity index (χ1v) is 4.35. The van der Waals surface area contributed by atoms with Gasteiger partial charge in [-0.25, -0.2) is 13.6 Å². The van der Waals surface area contributed by atoms with Crippen LogP contribution in [0.15, 0.2) is 18.2 Å². The molecule has 82 valence electrons. The molecule has 5 heteroatoms. The predicted octanol–water partition coefficient (Wildman–Crippen LogP) is 1.34. The lowest BCUT2D eigenvalue weighted by Gasteiger charge is -2.05. The zero-order valence-corrected chi connectivity index (χ0v) is 7.78. The predicted molar refractivity (Wildman–Crippen MR) is 48.3 cm³/mol. The largest absolute Gasteiger partial charge is 0.479 e. The third-order valence-electron chi connectivity index (χ3n) is 1.98. The third-order valence-corrected chi connectivity index (χ3v) is 1.98. The van der Waals surface area contributed by atoms with Gasteiger partial charge >= 0.3 is 5.97 Å². The molecule has 0 radical (unpaired) electrons. The fourth-order valence-electron chi connectivity index (χ4n) is 1.12. The Morgan fingerprint density at radius 2 is 2.00 bits per heavy atom. The second kappa shape index (κ2) is 4.84. The van der Waals surface area contributed by atoms with Crippen molar-refractivity contribution in [2.24, 2.45) is 0 Å². The summed E-state index contributed by atoms with van der Waals surface area (Å²) < 4.78 is 25.2. The fraction of sp³-hybridized carbons (Fsp3) is 0.300. The average molecular weight is 216 g/mol. The zero-order valence-electron chi connectivity index (χ0n) is 7.78.